The Bertz CT molecular complexity index is 780. The number of oxazole rings is 1. The number of carbonyl (C=O) groups excluding carboxylic acids is 1. The lowest BCUT2D eigenvalue weighted by molar-refractivity contribution is -0.120. The molecule has 0 bridgehead atoms. The maximum Gasteiger partial charge on any atom is 0.227 e. The molecule has 0 saturated carbocycles. The fourth-order valence-corrected chi connectivity index (χ4v) is 2.30. The zero-order valence-corrected chi connectivity index (χ0v) is 13.0. The summed E-state index contributed by atoms with van der Waals surface area (Å²) in [5, 5.41) is 2.90. The number of hydrogen-bond donors (Lipinski definition) is 1. The SMILES string of the molecule is Cc1nc(-c2ccccc2)oc1CC(=O)NCc1ccccc1. The standard InChI is InChI=1S/C19H18N2O2/c1-14-17(23-19(21-14)16-10-6-3-7-11-16)12-18(22)20-13-15-8-4-2-5-9-15/h2-11H,12-13H2,1H3,(H,20,22). The lowest BCUT2D eigenvalue weighted by atomic mass is 10.2. The van der Waals surface area contributed by atoms with Crippen LogP contribution in [0.2, 0.25) is 0 Å². The average molecular weight is 306 g/mol. The first kappa shape index (κ1) is 15.0. The van der Waals surface area contributed by atoms with Gasteiger partial charge in [-0.3, -0.25) is 4.79 Å². The lowest BCUT2D eigenvalue weighted by Gasteiger charge is -2.04. The summed E-state index contributed by atoms with van der Waals surface area (Å²) in [5.41, 5.74) is 2.73. The van der Waals surface area contributed by atoms with Crippen LogP contribution in [-0.2, 0) is 17.8 Å². The fourth-order valence-electron chi connectivity index (χ4n) is 2.30. The Labute approximate surface area is 135 Å². The van der Waals surface area contributed by atoms with Crippen molar-refractivity contribution in [3.8, 4) is 11.5 Å². The number of benzene rings is 2. The average Bonchev–Trinajstić information content (AvgIpc) is 2.95. The number of nitrogens with zero attached hydrogens (tertiary/aromatic N) is 1. The van der Waals surface area contributed by atoms with Gasteiger partial charge in [0.1, 0.15) is 5.76 Å². The van der Waals surface area contributed by atoms with E-state index in [4.69, 9.17) is 4.42 Å². The van der Waals surface area contributed by atoms with Crippen LogP contribution >= 0.6 is 0 Å². The summed E-state index contributed by atoms with van der Waals surface area (Å²) >= 11 is 0. The molecule has 0 aliphatic carbocycles. The van der Waals surface area contributed by atoms with Gasteiger partial charge in [-0.05, 0) is 24.6 Å². The number of amides is 1. The topological polar surface area (TPSA) is 55.1 Å². The van der Waals surface area contributed by atoms with Crippen LogP contribution < -0.4 is 5.32 Å². The number of aromatic nitrogens is 1. The van der Waals surface area contributed by atoms with Crippen LogP contribution in [-0.4, -0.2) is 10.9 Å². The van der Waals surface area contributed by atoms with Gasteiger partial charge in [-0.1, -0.05) is 48.5 Å². The molecule has 3 rings (SSSR count). The minimum absolute atomic E-state index is 0.0762. The van der Waals surface area contributed by atoms with Gasteiger partial charge in [0, 0.05) is 12.1 Å². The molecule has 0 saturated heterocycles. The highest BCUT2D eigenvalue weighted by molar-refractivity contribution is 5.78. The van der Waals surface area contributed by atoms with Crippen molar-refractivity contribution in [3.05, 3.63) is 77.7 Å². The molecular weight excluding hydrogens is 288 g/mol. The first-order chi connectivity index (χ1) is 11.2. The first-order valence-electron chi connectivity index (χ1n) is 7.55. The smallest absolute Gasteiger partial charge is 0.227 e. The van der Waals surface area contributed by atoms with Crippen LogP contribution in [0, 0.1) is 6.92 Å². The molecule has 0 spiro atoms. The summed E-state index contributed by atoms with van der Waals surface area (Å²) in [6.07, 6.45) is 0.193. The molecule has 116 valence electrons. The quantitative estimate of drug-likeness (QED) is 0.785. The van der Waals surface area contributed by atoms with Crippen molar-refractivity contribution < 1.29 is 9.21 Å². The normalized spacial score (nSPS) is 10.5. The maximum absolute atomic E-state index is 12.1. The van der Waals surface area contributed by atoms with Crippen molar-refractivity contribution in [1.29, 1.82) is 0 Å². The second-order valence-corrected chi connectivity index (χ2v) is 5.33. The molecule has 23 heavy (non-hydrogen) atoms. The molecule has 0 unspecified atom stereocenters. The van der Waals surface area contributed by atoms with E-state index in [0.29, 0.717) is 18.2 Å². The van der Waals surface area contributed by atoms with Gasteiger partial charge in [-0.25, -0.2) is 4.98 Å². The molecule has 4 nitrogen and oxygen atoms in total. The van der Waals surface area contributed by atoms with E-state index >= 15 is 0 Å². The summed E-state index contributed by atoms with van der Waals surface area (Å²) in [6.45, 7) is 2.37. The maximum atomic E-state index is 12.1. The Hall–Kier alpha value is -2.88. The van der Waals surface area contributed by atoms with Crippen molar-refractivity contribution >= 4 is 5.91 Å². The minimum atomic E-state index is -0.0762. The molecule has 2 aromatic carbocycles. The van der Waals surface area contributed by atoms with Gasteiger partial charge in [0.05, 0.1) is 12.1 Å². The molecule has 1 amide bonds. The third-order valence-corrected chi connectivity index (χ3v) is 3.57. The van der Waals surface area contributed by atoms with E-state index in [9.17, 15) is 4.79 Å². The molecule has 0 aliphatic rings. The monoisotopic (exact) mass is 306 g/mol. The van der Waals surface area contributed by atoms with E-state index in [2.05, 4.69) is 10.3 Å². The van der Waals surface area contributed by atoms with Gasteiger partial charge < -0.3 is 9.73 Å². The minimum Gasteiger partial charge on any atom is -0.440 e. The number of nitrogens with one attached hydrogen (secondary N) is 1. The van der Waals surface area contributed by atoms with Crippen molar-refractivity contribution in [2.45, 2.75) is 19.9 Å². The van der Waals surface area contributed by atoms with Gasteiger partial charge in [0.15, 0.2) is 0 Å². The van der Waals surface area contributed by atoms with Gasteiger partial charge in [0.25, 0.3) is 0 Å². The van der Waals surface area contributed by atoms with Gasteiger partial charge in [-0.2, -0.15) is 0 Å². The second kappa shape index (κ2) is 6.92. The van der Waals surface area contributed by atoms with Crippen LogP contribution in [0.4, 0.5) is 0 Å². The zero-order valence-electron chi connectivity index (χ0n) is 13.0. The molecule has 3 aromatic rings. The van der Waals surface area contributed by atoms with E-state index in [1.165, 1.54) is 0 Å². The molecule has 4 heteroatoms. The van der Waals surface area contributed by atoms with Crippen LogP contribution in [0.3, 0.4) is 0 Å². The third-order valence-electron chi connectivity index (χ3n) is 3.57. The Morgan fingerprint density at radius 3 is 2.39 bits per heavy atom. The first-order valence-corrected chi connectivity index (χ1v) is 7.55. The molecule has 0 atom stereocenters. The zero-order chi connectivity index (χ0) is 16.1. The van der Waals surface area contributed by atoms with Crippen molar-refractivity contribution in [1.82, 2.24) is 10.3 Å². The molecule has 0 fully saturated rings. The predicted molar refractivity (Wildman–Crippen MR) is 88.7 cm³/mol. The summed E-state index contributed by atoms with van der Waals surface area (Å²) in [6, 6.07) is 19.5. The lowest BCUT2D eigenvalue weighted by Crippen LogP contribution is -2.24. The van der Waals surface area contributed by atoms with Crippen molar-refractivity contribution in [2.24, 2.45) is 0 Å². The highest BCUT2D eigenvalue weighted by Crippen LogP contribution is 2.21. The van der Waals surface area contributed by atoms with Gasteiger partial charge >= 0.3 is 0 Å². The highest BCUT2D eigenvalue weighted by Gasteiger charge is 2.14. The Balaban J connectivity index is 1.64. The van der Waals surface area contributed by atoms with Gasteiger partial charge in [-0.15, -0.1) is 0 Å². The number of carbonyl (C=O) groups is 1. The number of aryl methyl sites for hydroxylation is 1. The number of hydrogen-bond acceptors (Lipinski definition) is 3. The largest absolute Gasteiger partial charge is 0.440 e. The molecule has 0 radical (unpaired) electrons. The Morgan fingerprint density at radius 1 is 1.04 bits per heavy atom. The molecule has 1 heterocycles. The summed E-state index contributed by atoms with van der Waals surface area (Å²) < 4.78 is 5.75. The Morgan fingerprint density at radius 2 is 1.70 bits per heavy atom. The summed E-state index contributed by atoms with van der Waals surface area (Å²) in [7, 11) is 0. The van der Waals surface area contributed by atoms with E-state index < -0.39 is 0 Å². The Kier molecular flexibility index (Phi) is 4.52. The van der Waals surface area contributed by atoms with E-state index in [1.54, 1.807) is 0 Å². The molecular formula is C19H18N2O2. The van der Waals surface area contributed by atoms with Crippen molar-refractivity contribution in [3.63, 3.8) is 0 Å². The van der Waals surface area contributed by atoms with Crippen molar-refractivity contribution in [2.75, 3.05) is 0 Å². The third kappa shape index (κ3) is 3.86. The summed E-state index contributed by atoms with van der Waals surface area (Å²) in [4.78, 5) is 16.5. The summed E-state index contributed by atoms with van der Waals surface area (Å²) in [5.74, 6) is 1.08. The molecule has 1 aromatic heterocycles. The van der Waals surface area contributed by atoms with Gasteiger partial charge in [0.2, 0.25) is 11.8 Å². The molecule has 0 aliphatic heterocycles. The second-order valence-electron chi connectivity index (χ2n) is 5.33. The van der Waals surface area contributed by atoms with Crippen LogP contribution in [0.5, 0.6) is 0 Å². The van der Waals surface area contributed by atoms with E-state index in [0.717, 1.165) is 16.8 Å². The van der Waals surface area contributed by atoms with E-state index in [-0.39, 0.29) is 12.3 Å². The van der Waals surface area contributed by atoms with Crippen LogP contribution in [0.1, 0.15) is 17.0 Å². The van der Waals surface area contributed by atoms with E-state index in [1.807, 2.05) is 67.6 Å². The molecule has 1 N–H and O–H groups in total. The highest BCUT2D eigenvalue weighted by atomic mass is 16.4. The number of rotatable bonds is 5. The van der Waals surface area contributed by atoms with Crippen LogP contribution in [0.25, 0.3) is 11.5 Å². The van der Waals surface area contributed by atoms with Crippen LogP contribution in [0.15, 0.2) is 65.1 Å². The fraction of sp³-hybridized carbons (Fsp3) is 0.158. The predicted octanol–water partition coefficient (Wildman–Crippen LogP) is 3.51.